The van der Waals surface area contributed by atoms with E-state index in [4.69, 9.17) is 4.42 Å². The topological polar surface area (TPSA) is 13.1 Å². The normalized spacial score (nSPS) is 11.1. The monoisotopic (exact) mass is 136 g/mol. The maximum Gasteiger partial charge on any atom is 0.138 e. The van der Waals surface area contributed by atoms with Gasteiger partial charge in [0.05, 0.1) is 6.26 Å². The van der Waals surface area contributed by atoms with E-state index < -0.39 is 0 Å². The SMILES string of the molecule is c1cpc2ccoc2c1. The lowest BCUT2D eigenvalue weighted by Crippen LogP contribution is -1.51. The van der Waals surface area contributed by atoms with Gasteiger partial charge < -0.3 is 4.42 Å². The van der Waals surface area contributed by atoms with Gasteiger partial charge in [0.2, 0.25) is 0 Å². The van der Waals surface area contributed by atoms with Gasteiger partial charge in [-0.05, 0) is 17.9 Å². The summed E-state index contributed by atoms with van der Waals surface area (Å²) in [5.41, 5.74) is 0.999. The molecule has 0 spiro atoms. The molecule has 1 nitrogen and oxygen atoms in total. The standard InChI is InChI=1S/C7H5OP/c1-2-6-7(9-5-1)3-4-8-6/h1-5H. The van der Waals surface area contributed by atoms with E-state index in [0.29, 0.717) is 0 Å². The van der Waals surface area contributed by atoms with E-state index in [9.17, 15) is 0 Å². The Hall–Kier alpha value is -0.810. The van der Waals surface area contributed by atoms with E-state index in [0.717, 1.165) is 5.58 Å². The van der Waals surface area contributed by atoms with Gasteiger partial charge in [0.25, 0.3) is 0 Å². The van der Waals surface area contributed by atoms with Crippen LogP contribution in [-0.2, 0) is 0 Å². The third-order valence-electron chi connectivity index (χ3n) is 1.22. The smallest absolute Gasteiger partial charge is 0.138 e. The Morgan fingerprint density at radius 2 is 2.33 bits per heavy atom. The van der Waals surface area contributed by atoms with Crippen LogP contribution in [0.1, 0.15) is 0 Å². The second-order valence-electron chi connectivity index (χ2n) is 1.81. The Bertz CT molecular complexity index is 283. The van der Waals surface area contributed by atoms with Crippen LogP contribution in [0.5, 0.6) is 0 Å². The molecule has 2 aromatic rings. The first kappa shape index (κ1) is 5.01. The van der Waals surface area contributed by atoms with E-state index in [2.05, 4.69) is 5.80 Å². The summed E-state index contributed by atoms with van der Waals surface area (Å²) in [4.78, 5) is 0. The van der Waals surface area contributed by atoms with Crippen LogP contribution in [0, 0.1) is 0 Å². The molecule has 2 heteroatoms. The van der Waals surface area contributed by atoms with Gasteiger partial charge in [-0.2, -0.15) is 0 Å². The van der Waals surface area contributed by atoms with Gasteiger partial charge in [-0.3, -0.25) is 0 Å². The largest absolute Gasteiger partial charge is 0.464 e. The highest BCUT2D eigenvalue weighted by Crippen LogP contribution is 2.22. The van der Waals surface area contributed by atoms with Gasteiger partial charge in [0.1, 0.15) is 5.58 Å². The zero-order chi connectivity index (χ0) is 6.10. The number of furan rings is 1. The Kier molecular flexibility index (Phi) is 1.03. The van der Waals surface area contributed by atoms with E-state index in [-0.39, 0.29) is 0 Å². The molecule has 2 rings (SSSR count). The molecule has 0 saturated heterocycles. The van der Waals surface area contributed by atoms with Crippen molar-refractivity contribution >= 4 is 18.9 Å². The van der Waals surface area contributed by atoms with Crippen molar-refractivity contribution < 1.29 is 4.42 Å². The van der Waals surface area contributed by atoms with Crippen molar-refractivity contribution in [3.05, 3.63) is 30.3 Å². The molecule has 0 N–H and O–H groups in total. The first-order chi connectivity index (χ1) is 4.47. The highest BCUT2D eigenvalue weighted by Gasteiger charge is 1.90. The minimum absolute atomic E-state index is 0.999. The van der Waals surface area contributed by atoms with Crippen molar-refractivity contribution in [1.82, 2.24) is 0 Å². The average molecular weight is 136 g/mol. The van der Waals surface area contributed by atoms with Gasteiger partial charge in [0.15, 0.2) is 0 Å². The molecule has 0 amide bonds. The summed E-state index contributed by atoms with van der Waals surface area (Å²) in [7, 11) is 1.24. The summed E-state index contributed by atoms with van der Waals surface area (Å²) in [6.07, 6.45) is 1.72. The van der Waals surface area contributed by atoms with Crippen LogP contribution >= 0.6 is 8.19 Å². The molecule has 0 radical (unpaired) electrons. The van der Waals surface area contributed by atoms with E-state index in [1.54, 1.807) is 6.26 Å². The molecule has 9 heavy (non-hydrogen) atoms. The molecule has 0 aromatic carbocycles. The predicted octanol–water partition coefficient (Wildman–Crippen LogP) is 3.01. The lowest BCUT2D eigenvalue weighted by atomic mass is 10.5. The summed E-state index contributed by atoms with van der Waals surface area (Å²) in [6, 6.07) is 5.98. The molecule has 0 fully saturated rings. The van der Waals surface area contributed by atoms with Crippen LogP contribution < -0.4 is 0 Å². The molecule has 2 heterocycles. The average Bonchev–Trinajstić information content (AvgIpc) is 2.33. The van der Waals surface area contributed by atoms with Crippen LogP contribution in [0.3, 0.4) is 0 Å². The lowest BCUT2D eigenvalue weighted by molar-refractivity contribution is 0.616. The van der Waals surface area contributed by atoms with E-state index >= 15 is 0 Å². The summed E-state index contributed by atoms with van der Waals surface area (Å²) < 4.78 is 5.14. The third kappa shape index (κ3) is 0.739. The molecule has 0 aliphatic carbocycles. The van der Waals surface area contributed by atoms with Crippen LogP contribution in [0.25, 0.3) is 10.7 Å². The molecular formula is C7H5OP. The first-order valence-electron chi connectivity index (χ1n) is 2.75. The minimum atomic E-state index is 0.999. The molecule has 0 saturated carbocycles. The molecule has 0 atom stereocenters. The number of fused-ring (bicyclic) bond motifs is 1. The first-order valence-corrected chi connectivity index (χ1v) is 3.71. The highest BCUT2D eigenvalue weighted by molar-refractivity contribution is 7.35. The van der Waals surface area contributed by atoms with Crippen molar-refractivity contribution in [2.24, 2.45) is 0 Å². The van der Waals surface area contributed by atoms with Crippen LogP contribution in [0.4, 0.5) is 0 Å². The van der Waals surface area contributed by atoms with Crippen molar-refractivity contribution in [2.45, 2.75) is 0 Å². The fraction of sp³-hybridized carbons (Fsp3) is 0. The maximum absolute atomic E-state index is 5.14. The second kappa shape index (κ2) is 1.85. The Morgan fingerprint density at radius 3 is 3.22 bits per heavy atom. The Balaban J connectivity index is 2.95. The van der Waals surface area contributed by atoms with Gasteiger partial charge in [-0.1, -0.05) is 14.3 Å². The minimum Gasteiger partial charge on any atom is -0.464 e. The molecular weight excluding hydrogens is 131 g/mol. The maximum atomic E-state index is 5.14. The van der Waals surface area contributed by atoms with Crippen molar-refractivity contribution in [3.63, 3.8) is 0 Å². The van der Waals surface area contributed by atoms with Crippen LogP contribution in [0.2, 0.25) is 0 Å². The quantitative estimate of drug-likeness (QED) is 0.542. The second-order valence-corrected chi connectivity index (χ2v) is 2.85. The predicted molar refractivity (Wildman–Crippen MR) is 38.7 cm³/mol. The molecule has 0 aliphatic heterocycles. The molecule has 0 unspecified atom stereocenters. The van der Waals surface area contributed by atoms with Crippen molar-refractivity contribution in [3.8, 4) is 0 Å². The van der Waals surface area contributed by atoms with Crippen LogP contribution in [-0.4, -0.2) is 0 Å². The van der Waals surface area contributed by atoms with E-state index in [1.807, 2.05) is 18.2 Å². The molecule has 2 aromatic heterocycles. The zero-order valence-corrected chi connectivity index (χ0v) is 5.64. The fourth-order valence-corrected chi connectivity index (χ4v) is 1.53. The summed E-state index contributed by atoms with van der Waals surface area (Å²) in [5, 5.41) is 1.26. The molecule has 0 aliphatic rings. The summed E-state index contributed by atoms with van der Waals surface area (Å²) >= 11 is 0. The van der Waals surface area contributed by atoms with Gasteiger partial charge in [-0.15, -0.1) is 0 Å². The summed E-state index contributed by atoms with van der Waals surface area (Å²) in [6.45, 7) is 0. The van der Waals surface area contributed by atoms with Crippen molar-refractivity contribution in [2.75, 3.05) is 0 Å². The number of hydrogen-bond donors (Lipinski definition) is 0. The number of hydrogen-bond acceptors (Lipinski definition) is 1. The van der Waals surface area contributed by atoms with E-state index in [1.165, 1.54) is 13.3 Å². The Labute approximate surface area is 54.4 Å². The van der Waals surface area contributed by atoms with Crippen LogP contribution in [0.15, 0.2) is 34.7 Å². The fourth-order valence-electron chi connectivity index (χ4n) is 0.799. The number of rotatable bonds is 0. The molecule has 0 bridgehead atoms. The zero-order valence-electron chi connectivity index (χ0n) is 4.74. The highest BCUT2D eigenvalue weighted by atomic mass is 31.0. The lowest BCUT2D eigenvalue weighted by Gasteiger charge is -1.80. The third-order valence-corrected chi connectivity index (χ3v) is 2.19. The van der Waals surface area contributed by atoms with Gasteiger partial charge >= 0.3 is 0 Å². The van der Waals surface area contributed by atoms with Gasteiger partial charge in [-0.25, -0.2) is 0 Å². The van der Waals surface area contributed by atoms with Crippen molar-refractivity contribution in [1.29, 1.82) is 0 Å². The van der Waals surface area contributed by atoms with Gasteiger partial charge in [0, 0.05) is 5.12 Å². The Morgan fingerprint density at radius 1 is 1.33 bits per heavy atom. The summed E-state index contributed by atoms with van der Waals surface area (Å²) in [5.74, 6) is 2.10. The molecule has 44 valence electrons.